The second-order valence-corrected chi connectivity index (χ2v) is 6.13. The minimum atomic E-state index is 0.292. The van der Waals surface area contributed by atoms with Gasteiger partial charge in [-0.05, 0) is 50.4 Å². The predicted octanol–water partition coefficient (Wildman–Crippen LogP) is 2.72. The minimum Gasteiger partial charge on any atom is -0.327 e. The van der Waals surface area contributed by atoms with Gasteiger partial charge in [0.15, 0.2) is 0 Å². The molecule has 0 radical (unpaired) electrons. The average Bonchev–Trinajstić information content (AvgIpc) is 2.31. The van der Waals surface area contributed by atoms with Gasteiger partial charge >= 0.3 is 0 Å². The molecule has 3 aliphatic rings. The number of allylic oxidation sites excluding steroid dienone is 1. The Morgan fingerprint density at radius 1 is 1.50 bits per heavy atom. The van der Waals surface area contributed by atoms with Gasteiger partial charge in [0.2, 0.25) is 0 Å². The fraction of sp³-hybridized carbons (Fsp3) is 0.846. The second-order valence-electron chi connectivity index (χ2n) is 6.13. The molecule has 2 saturated carbocycles. The van der Waals surface area contributed by atoms with Crippen LogP contribution in [0.15, 0.2) is 11.6 Å². The van der Waals surface area contributed by atoms with Crippen LogP contribution in [0.4, 0.5) is 0 Å². The van der Waals surface area contributed by atoms with Crippen LogP contribution in [-0.2, 0) is 0 Å². The van der Waals surface area contributed by atoms with Crippen molar-refractivity contribution in [2.45, 2.75) is 45.6 Å². The van der Waals surface area contributed by atoms with Gasteiger partial charge in [0.1, 0.15) is 0 Å². The van der Waals surface area contributed by atoms with E-state index < -0.39 is 0 Å². The fourth-order valence-electron chi connectivity index (χ4n) is 3.97. The summed E-state index contributed by atoms with van der Waals surface area (Å²) < 4.78 is 0. The maximum absolute atomic E-state index is 6.14. The first kappa shape index (κ1) is 8.96. The van der Waals surface area contributed by atoms with Crippen molar-refractivity contribution in [2.75, 3.05) is 0 Å². The Morgan fingerprint density at radius 2 is 2.29 bits per heavy atom. The zero-order chi connectivity index (χ0) is 9.92. The van der Waals surface area contributed by atoms with Crippen LogP contribution >= 0.6 is 0 Å². The van der Waals surface area contributed by atoms with E-state index >= 15 is 0 Å². The summed E-state index contributed by atoms with van der Waals surface area (Å²) in [4.78, 5) is 0. The summed E-state index contributed by atoms with van der Waals surface area (Å²) in [5, 5.41) is 0. The molecule has 0 saturated heterocycles. The largest absolute Gasteiger partial charge is 0.327 e. The first-order chi connectivity index (χ1) is 6.58. The Kier molecular flexibility index (Phi) is 1.69. The van der Waals surface area contributed by atoms with Gasteiger partial charge < -0.3 is 5.73 Å². The van der Waals surface area contributed by atoms with Crippen molar-refractivity contribution in [3.63, 3.8) is 0 Å². The Morgan fingerprint density at radius 3 is 3.00 bits per heavy atom. The van der Waals surface area contributed by atoms with E-state index in [0.29, 0.717) is 11.5 Å². The van der Waals surface area contributed by atoms with E-state index in [9.17, 15) is 0 Å². The predicted molar refractivity (Wildman–Crippen MR) is 58.8 cm³/mol. The third kappa shape index (κ3) is 1.05. The van der Waals surface area contributed by atoms with Crippen molar-refractivity contribution in [1.29, 1.82) is 0 Å². The van der Waals surface area contributed by atoms with Gasteiger partial charge in [0.05, 0.1) is 0 Å². The standard InChI is InChI=1S/C13H21N/c1-8(14)13(2)6-9-3-10-5-11(7-13)12(10)4-9/h7-10,12H,3-6,14H2,1-2H3. The SMILES string of the molecule is CC(N)C1(C)C=C2CC3CC(CC23)C1. The third-order valence-electron chi connectivity index (χ3n) is 5.05. The molecule has 0 amide bonds. The Bertz CT molecular complexity index is 292. The number of rotatable bonds is 1. The highest BCUT2D eigenvalue weighted by Gasteiger charge is 2.49. The number of hydrogen-bond donors (Lipinski definition) is 1. The lowest BCUT2D eigenvalue weighted by Crippen LogP contribution is -2.38. The molecule has 0 spiro atoms. The van der Waals surface area contributed by atoms with E-state index in [2.05, 4.69) is 19.9 Å². The molecule has 1 heteroatoms. The molecular weight excluding hydrogens is 170 g/mol. The molecule has 2 N–H and O–H groups in total. The maximum atomic E-state index is 6.14. The normalized spacial score (nSPS) is 51.9. The number of fused-ring (bicyclic) bond motifs is 1. The smallest absolute Gasteiger partial charge is 0.00993 e. The summed E-state index contributed by atoms with van der Waals surface area (Å²) in [6.45, 7) is 4.53. The Balaban J connectivity index is 1.96. The molecule has 1 nitrogen and oxygen atoms in total. The van der Waals surface area contributed by atoms with E-state index in [-0.39, 0.29) is 0 Å². The molecule has 0 heterocycles. The summed E-state index contributed by atoms with van der Waals surface area (Å²) >= 11 is 0. The maximum Gasteiger partial charge on any atom is 0.00993 e. The Hall–Kier alpha value is -0.300. The molecule has 2 fully saturated rings. The van der Waals surface area contributed by atoms with Crippen LogP contribution in [0.3, 0.4) is 0 Å². The lowest BCUT2D eigenvalue weighted by molar-refractivity contribution is 0.246. The first-order valence-electron chi connectivity index (χ1n) is 6.06. The lowest BCUT2D eigenvalue weighted by Gasteiger charge is -2.40. The van der Waals surface area contributed by atoms with Crippen LogP contribution in [0.2, 0.25) is 0 Å². The highest BCUT2D eigenvalue weighted by atomic mass is 14.7. The highest BCUT2D eigenvalue weighted by Crippen LogP contribution is 2.59. The van der Waals surface area contributed by atoms with Gasteiger partial charge in [-0.3, -0.25) is 0 Å². The molecule has 78 valence electrons. The molecule has 2 bridgehead atoms. The molecular formula is C13H21N. The quantitative estimate of drug-likeness (QED) is 0.634. The number of hydrogen-bond acceptors (Lipinski definition) is 1. The van der Waals surface area contributed by atoms with Crippen LogP contribution in [0.25, 0.3) is 0 Å². The van der Waals surface area contributed by atoms with E-state index in [1.807, 2.05) is 0 Å². The first-order valence-corrected chi connectivity index (χ1v) is 6.06. The van der Waals surface area contributed by atoms with Gasteiger partial charge in [-0.25, -0.2) is 0 Å². The molecule has 0 aliphatic heterocycles. The van der Waals surface area contributed by atoms with Crippen molar-refractivity contribution in [2.24, 2.45) is 28.9 Å². The van der Waals surface area contributed by atoms with E-state index in [1.165, 1.54) is 25.7 Å². The van der Waals surface area contributed by atoms with Crippen LogP contribution in [0.5, 0.6) is 0 Å². The summed E-state index contributed by atoms with van der Waals surface area (Å²) in [7, 11) is 0. The van der Waals surface area contributed by atoms with Crippen LogP contribution in [0.1, 0.15) is 39.5 Å². The third-order valence-corrected chi connectivity index (χ3v) is 5.05. The summed E-state index contributed by atoms with van der Waals surface area (Å²) in [5.41, 5.74) is 8.17. The van der Waals surface area contributed by atoms with Gasteiger partial charge in [0.25, 0.3) is 0 Å². The van der Waals surface area contributed by atoms with Crippen molar-refractivity contribution < 1.29 is 0 Å². The molecule has 0 aromatic heterocycles. The molecule has 3 aliphatic carbocycles. The lowest BCUT2D eigenvalue weighted by atomic mass is 9.66. The summed E-state index contributed by atoms with van der Waals surface area (Å²) in [6.07, 6.45) is 8.23. The van der Waals surface area contributed by atoms with Gasteiger partial charge in [-0.15, -0.1) is 0 Å². The summed E-state index contributed by atoms with van der Waals surface area (Å²) in [6, 6.07) is 0.313. The average molecular weight is 191 g/mol. The topological polar surface area (TPSA) is 26.0 Å². The number of nitrogens with two attached hydrogens (primary N) is 1. The van der Waals surface area contributed by atoms with Gasteiger partial charge in [-0.2, -0.15) is 0 Å². The zero-order valence-corrected chi connectivity index (χ0v) is 9.29. The van der Waals surface area contributed by atoms with Crippen LogP contribution in [-0.4, -0.2) is 6.04 Å². The molecule has 5 unspecified atom stereocenters. The minimum absolute atomic E-state index is 0.292. The molecule has 0 aromatic carbocycles. The monoisotopic (exact) mass is 191 g/mol. The Labute approximate surface area is 86.8 Å². The zero-order valence-electron chi connectivity index (χ0n) is 9.29. The van der Waals surface area contributed by atoms with Gasteiger partial charge in [0, 0.05) is 11.5 Å². The molecule has 3 rings (SSSR count). The highest BCUT2D eigenvalue weighted by molar-refractivity contribution is 5.27. The van der Waals surface area contributed by atoms with Crippen LogP contribution < -0.4 is 5.73 Å². The fourth-order valence-corrected chi connectivity index (χ4v) is 3.97. The van der Waals surface area contributed by atoms with E-state index in [0.717, 1.165) is 17.8 Å². The van der Waals surface area contributed by atoms with Crippen molar-refractivity contribution in [3.05, 3.63) is 11.6 Å². The van der Waals surface area contributed by atoms with E-state index in [4.69, 9.17) is 5.73 Å². The summed E-state index contributed by atoms with van der Waals surface area (Å²) in [5.74, 6) is 3.00. The van der Waals surface area contributed by atoms with Crippen molar-refractivity contribution in [3.8, 4) is 0 Å². The van der Waals surface area contributed by atoms with Crippen molar-refractivity contribution >= 4 is 0 Å². The molecule has 14 heavy (non-hydrogen) atoms. The molecule has 5 atom stereocenters. The van der Waals surface area contributed by atoms with Crippen LogP contribution in [0, 0.1) is 23.2 Å². The van der Waals surface area contributed by atoms with E-state index in [1.54, 1.807) is 5.57 Å². The van der Waals surface area contributed by atoms with Gasteiger partial charge in [-0.1, -0.05) is 18.6 Å². The van der Waals surface area contributed by atoms with Crippen molar-refractivity contribution in [1.82, 2.24) is 0 Å². The second kappa shape index (κ2) is 2.63. The molecule has 0 aromatic rings.